The van der Waals surface area contributed by atoms with Gasteiger partial charge in [-0.2, -0.15) is 0 Å². The van der Waals surface area contributed by atoms with Crippen molar-refractivity contribution < 1.29 is 4.74 Å². The Morgan fingerprint density at radius 3 is 3.14 bits per heavy atom. The van der Waals surface area contributed by atoms with Crippen molar-refractivity contribution in [2.24, 2.45) is 12.8 Å². The highest BCUT2D eigenvalue weighted by Crippen LogP contribution is 2.19. The monoisotopic (exact) mass is 196 g/mol. The molecule has 1 aliphatic heterocycles. The topological polar surface area (TPSA) is 66.0 Å². The molecule has 0 bridgehead atoms. The highest BCUT2D eigenvalue weighted by atomic mass is 16.5. The zero-order valence-corrected chi connectivity index (χ0v) is 8.44. The summed E-state index contributed by atoms with van der Waals surface area (Å²) in [5, 5.41) is 7.92. The fourth-order valence-electron chi connectivity index (χ4n) is 1.85. The summed E-state index contributed by atoms with van der Waals surface area (Å²) in [6.07, 6.45) is 4.70. The molecule has 2 heterocycles. The van der Waals surface area contributed by atoms with Crippen LogP contribution in [0.25, 0.3) is 0 Å². The number of rotatable bonds is 2. The summed E-state index contributed by atoms with van der Waals surface area (Å²) in [7, 11) is 1.86. The first-order chi connectivity index (χ1) is 6.68. The van der Waals surface area contributed by atoms with Crippen LogP contribution in [0.2, 0.25) is 0 Å². The lowest BCUT2D eigenvalue weighted by molar-refractivity contribution is 0.0378. The van der Waals surface area contributed by atoms with Gasteiger partial charge in [0, 0.05) is 31.8 Å². The first-order valence-electron chi connectivity index (χ1n) is 4.90. The predicted molar refractivity (Wildman–Crippen MR) is 51.7 cm³/mol. The lowest BCUT2D eigenvalue weighted by Crippen LogP contribution is -2.49. The molecule has 5 nitrogen and oxygen atoms in total. The summed E-state index contributed by atoms with van der Waals surface area (Å²) in [6, 6.07) is 0. The number of hydrogen-bond donors (Lipinski definition) is 1. The molecule has 1 atom stereocenters. The van der Waals surface area contributed by atoms with Gasteiger partial charge in [0.2, 0.25) is 0 Å². The fraction of sp³-hybridized carbons (Fsp3) is 0.778. The van der Waals surface area contributed by atoms with Gasteiger partial charge in [-0.25, -0.2) is 0 Å². The molecule has 14 heavy (non-hydrogen) atoms. The molecular formula is C9H16N4O. The summed E-state index contributed by atoms with van der Waals surface area (Å²) in [4.78, 5) is 0. The molecule has 1 aromatic heterocycles. The average Bonchev–Trinajstić information content (AvgIpc) is 2.51. The number of aryl methyl sites for hydroxylation is 1. The Hall–Kier alpha value is -0.940. The predicted octanol–water partition coefficient (Wildman–Crippen LogP) is -0.135. The van der Waals surface area contributed by atoms with Crippen LogP contribution in [0.15, 0.2) is 6.20 Å². The molecule has 78 valence electrons. The van der Waals surface area contributed by atoms with E-state index in [9.17, 15) is 0 Å². The number of nitrogens with zero attached hydrogens (tertiary/aromatic N) is 3. The second kappa shape index (κ2) is 3.67. The highest BCUT2D eigenvalue weighted by molar-refractivity contribution is 5.02. The second-order valence-electron chi connectivity index (χ2n) is 4.08. The van der Waals surface area contributed by atoms with Crippen LogP contribution < -0.4 is 5.73 Å². The van der Waals surface area contributed by atoms with Crippen molar-refractivity contribution in [1.82, 2.24) is 15.0 Å². The van der Waals surface area contributed by atoms with E-state index in [4.69, 9.17) is 10.5 Å². The van der Waals surface area contributed by atoms with Gasteiger partial charge in [-0.1, -0.05) is 5.21 Å². The lowest BCUT2D eigenvalue weighted by atomic mass is 9.89. The van der Waals surface area contributed by atoms with Crippen molar-refractivity contribution in [3.8, 4) is 0 Å². The smallest absolute Gasteiger partial charge is 0.0846 e. The largest absolute Gasteiger partial charge is 0.380 e. The highest BCUT2D eigenvalue weighted by Gasteiger charge is 2.29. The maximum absolute atomic E-state index is 6.20. The van der Waals surface area contributed by atoms with Gasteiger partial charge in [-0.05, 0) is 12.8 Å². The molecule has 0 aromatic carbocycles. The van der Waals surface area contributed by atoms with Crippen molar-refractivity contribution in [3.63, 3.8) is 0 Å². The van der Waals surface area contributed by atoms with E-state index in [2.05, 4.69) is 10.3 Å². The van der Waals surface area contributed by atoms with Crippen molar-refractivity contribution in [2.75, 3.05) is 13.2 Å². The third-order valence-electron chi connectivity index (χ3n) is 2.54. The molecular weight excluding hydrogens is 180 g/mol. The van der Waals surface area contributed by atoms with Crippen LogP contribution in [0.3, 0.4) is 0 Å². The van der Waals surface area contributed by atoms with Crippen LogP contribution in [0.1, 0.15) is 18.5 Å². The van der Waals surface area contributed by atoms with E-state index in [1.165, 1.54) is 0 Å². The summed E-state index contributed by atoms with van der Waals surface area (Å²) in [5.74, 6) is 0. The molecule has 1 unspecified atom stereocenters. The molecule has 1 aliphatic rings. The quantitative estimate of drug-likeness (QED) is 0.715. The van der Waals surface area contributed by atoms with Crippen molar-refractivity contribution in [1.29, 1.82) is 0 Å². The van der Waals surface area contributed by atoms with Gasteiger partial charge >= 0.3 is 0 Å². The Morgan fingerprint density at radius 1 is 1.71 bits per heavy atom. The third kappa shape index (κ3) is 2.10. The Bertz CT molecular complexity index is 304. The van der Waals surface area contributed by atoms with Crippen molar-refractivity contribution in [2.45, 2.75) is 24.8 Å². The van der Waals surface area contributed by atoms with E-state index >= 15 is 0 Å². The van der Waals surface area contributed by atoms with Crippen LogP contribution in [0.5, 0.6) is 0 Å². The van der Waals surface area contributed by atoms with Gasteiger partial charge < -0.3 is 10.5 Å². The van der Waals surface area contributed by atoms with Crippen LogP contribution in [0.4, 0.5) is 0 Å². The molecule has 2 N–H and O–H groups in total. The Labute approximate surface area is 83.2 Å². The fourth-order valence-corrected chi connectivity index (χ4v) is 1.85. The molecule has 0 spiro atoms. The normalized spacial score (nSPS) is 27.9. The average molecular weight is 196 g/mol. The third-order valence-corrected chi connectivity index (χ3v) is 2.54. The zero-order valence-electron chi connectivity index (χ0n) is 8.44. The van der Waals surface area contributed by atoms with Gasteiger partial charge in [0.25, 0.3) is 0 Å². The molecule has 0 saturated carbocycles. The Kier molecular flexibility index (Phi) is 2.52. The number of ether oxygens (including phenoxy) is 1. The van der Waals surface area contributed by atoms with Gasteiger partial charge in [-0.3, -0.25) is 4.68 Å². The number of hydrogen-bond acceptors (Lipinski definition) is 4. The molecule has 5 heteroatoms. The summed E-state index contributed by atoms with van der Waals surface area (Å²) < 4.78 is 7.08. The van der Waals surface area contributed by atoms with E-state index in [-0.39, 0.29) is 5.54 Å². The SMILES string of the molecule is Cn1cc(CC2(N)CCCOC2)nn1. The Balaban J connectivity index is 2.01. The van der Waals surface area contributed by atoms with Gasteiger partial charge in [-0.15, -0.1) is 5.10 Å². The zero-order chi connectivity index (χ0) is 10.0. The molecule has 0 amide bonds. The van der Waals surface area contributed by atoms with E-state index in [0.29, 0.717) is 6.61 Å². The van der Waals surface area contributed by atoms with Crippen LogP contribution in [0, 0.1) is 0 Å². The first-order valence-corrected chi connectivity index (χ1v) is 4.90. The lowest BCUT2D eigenvalue weighted by Gasteiger charge is -2.32. The first kappa shape index (κ1) is 9.61. The Morgan fingerprint density at radius 2 is 2.57 bits per heavy atom. The molecule has 1 saturated heterocycles. The second-order valence-corrected chi connectivity index (χ2v) is 4.08. The van der Waals surface area contributed by atoms with Crippen molar-refractivity contribution in [3.05, 3.63) is 11.9 Å². The maximum Gasteiger partial charge on any atom is 0.0846 e. The van der Waals surface area contributed by atoms with E-state index in [1.807, 2.05) is 13.2 Å². The maximum atomic E-state index is 6.20. The summed E-state index contributed by atoms with van der Waals surface area (Å²) >= 11 is 0. The molecule has 0 radical (unpaired) electrons. The minimum Gasteiger partial charge on any atom is -0.380 e. The minimum atomic E-state index is -0.242. The van der Waals surface area contributed by atoms with Crippen LogP contribution in [-0.2, 0) is 18.2 Å². The minimum absolute atomic E-state index is 0.242. The van der Waals surface area contributed by atoms with Crippen LogP contribution in [-0.4, -0.2) is 33.7 Å². The van der Waals surface area contributed by atoms with Gasteiger partial charge in [0.1, 0.15) is 0 Å². The molecule has 2 rings (SSSR count). The number of nitrogens with two attached hydrogens (primary N) is 1. The summed E-state index contributed by atoms with van der Waals surface area (Å²) in [6.45, 7) is 1.46. The van der Waals surface area contributed by atoms with Crippen molar-refractivity contribution >= 4 is 0 Å². The molecule has 0 aliphatic carbocycles. The van der Waals surface area contributed by atoms with E-state index < -0.39 is 0 Å². The summed E-state index contributed by atoms with van der Waals surface area (Å²) in [5.41, 5.74) is 6.90. The van der Waals surface area contributed by atoms with Crippen LogP contribution >= 0.6 is 0 Å². The molecule has 1 aromatic rings. The molecule has 1 fully saturated rings. The van der Waals surface area contributed by atoms with E-state index in [1.54, 1.807) is 4.68 Å². The standard InChI is InChI=1S/C9H16N4O/c1-13-6-8(11-12-13)5-9(10)3-2-4-14-7-9/h6H,2-5,7,10H2,1H3. The van der Waals surface area contributed by atoms with Gasteiger partial charge in [0.15, 0.2) is 0 Å². The van der Waals surface area contributed by atoms with Gasteiger partial charge in [0.05, 0.1) is 12.3 Å². The number of aromatic nitrogens is 3. The van der Waals surface area contributed by atoms with E-state index in [0.717, 1.165) is 31.6 Å².